The molecule has 3 N–H and O–H groups in total. The topological polar surface area (TPSA) is 128 Å². The van der Waals surface area contributed by atoms with Gasteiger partial charge in [0.15, 0.2) is 0 Å². The molecule has 0 radical (unpaired) electrons. The van der Waals surface area contributed by atoms with E-state index < -0.39 is 33.0 Å². The zero-order chi connectivity index (χ0) is 22.4. The molecule has 4 rings (SSSR count). The molecule has 1 aromatic heterocycles. The van der Waals surface area contributed by atoms with Crippen LogP contribution in [0.3, 0.4) is 0 Å². The second kappa shape index (κ2) is 7.56. The smallest absolute Gasteiger partial charge is 0.275 e. The quantitative estimate of drug-likeness (QED) is 0.644. The summed E-state index contributed by atoms with van der Waals surface area (Å²) in [5.41, 5.74) is -0.296. The number of rotatable bonds is 5. The summed E-state index contributed by atoms with van der Waals surface area (Å²) in [4.78, 5) is 20.5. The number of anilines is 1. The van der Waals surface area contributed by atoms with Crippen molar-refractivity contribution in [1.82, 2.24) is 19.6 Å². The van der Waals surface area contributed by atoms with Gasteiger partial charge in [0.05, 0.1) is 23.2 Å². The molecule has 2 aliphatic rings. The van der Waals surface area contributed by atoms with Crippen molar-refractivity contribution in [3.05, 3.63) is 53.4 Å². The predicted octanol–water partition coefficient (Wildman–Crippen LogP) is 1.97. The molecule has 1 atom stereocenters. The van der Waals surface area contributed by atoms with Crippen molar-refractivity contribution in [2.75, 3.05) is 17.6 Å². The fourth-order valence-electron chi connectivity index (χ4n) is 3.56. The second-order valence-electron chi connectivity index (χ2n) is 8.23. The Bertz CT molecular complexity index is 1150. The summed E-state index contributed by atoms with van der Waals surface area (Å²) in [6.45, 7) is 3.54. The van der Waals surface area contributed by atoms with Crippen LogP contribution >= 0.6 is 0 Å². The first-order valence-electron chi connectivity index (χ1n) is 9.84. The Morgan fingerprint density at radius 1 is 1.35 bits per heavy atom. The highest BCUT2D eigenvalue weighted by atomic mass is 32.2. The van der Waals surface area contributed by atoms with Crippen LogP contribution in [-0.4, -0.2) is 46.9 Å². The van der Waals surface area contributed by atoms with E-state index in [-0.39, 0.29) is 35.4 Å². The van der Waals surface area contributed by atoms with Gasteiger partial charge in [-0.25, -0.2) is 22.1 Å². The van der Waals surface area contributed by atoms with Crippen molar-refractivity contribution >= 4 is 27.6 Å². The fourth-order valence-corrected chi connectivity index (χ4v) is 5.43. The van der Waals surface area contributed by atoms with Crippen LogP contribution in [0.1, 0.15) is 41.5 Å². The molecule has 0 bridgehead atoms. The van der Waals surface area contributed by atoms with Crippen molar-refractivity contribution in [1.29, 1.82) is 5.41 Å². The number of halogens is 1. The Labute approximate surface area is 179 Å². The first kappa shape index (κ1) is 21.2. The lowest BCUT2D eigenvalue weighted by molar-refractivity contribution is 0.102. The SMILES string of the molecule is Cc1cnc(C(=O)Nc2ccc(F)c([C@]3(C)CS(=O)(=O)N(CC4CC4)C(=N)N3)c2)cn1. The van der Waals surface area contributed by atoms with Crippen LogP contribution in [0.15, 0.2) is 30.6 Å². The first-order valence-corrected chi connectivity index (χ1v) is 11.5. The highest BCUT2D eigenvalue weighted by Gasteiger charge is 2.46. The molecule has 1 aliphatic carbocycles. The van der Waals surface area contributed by atoms with E-state index in [9.17, 15) is 17.6 Å². The van der Waals surface area contributed by atoms with Crippen molar-refractivity contribution < 1.29 is 17.6 Å². The number of hydrogen-bond donors (Lipinski definition) is 3. The van der Waals surface area contributed by atoms with E-state index in [0.29, 0.717) is 5.69 Å². The Balaban J connectivity index is 1.59. The minimum atomic E-state index is -3.81. The number of hydrogen-bond acceptors (Lipinski definition) is 6. The molecule has 2 aromatic rings. The maximum atomic E-state index is 14.7. The summed E-state index contributed by atoms with van der Waals surface area (Å²) in [6, 6.07) is 3.91. The summed E-state index contributed by atoms with van der Waals surface area (Å²) in [7, 11) is -3.81. The molecule has 164 valence electrons. The largest absolute Gasteiger partial charge is 0.345 e. The van der Waals surface area contributed by atoms with Crippen LogP contribution < -0.4 is 10.6 Å². The maximum Gasteiger partial charge on any atom is 0.275 e. The summed E-state index contributed by atoms with van der Waals surface area (Å²) in [5, 5.41) is 13.7. The van der Waals surface area contributed by atoms with E-state index in [1.807, 2.05) is 0 Å². The maximum absolute atomic E-state index is 14.7. The van der Waals surface area contributed by atoms with Gasteiger partial charge in [-0.2, -0.15) is 0 Å². The third-order valence-electron chi connectivity index (χ3n) is 5.40. The van der Waals surface area contributed by atoms with Crippen molar-refractivity contribution in [3.8, 4) is 0 Å². The van der Waals surface area contributed by atoms with E-state index in [0.717, 1.165) is 23.2 Å². The molecule has 2 heterocycles. The summed E-state index contributed by atoms with van der Waals surface area (Å²) in [6.07, 6.45) is 4.68. The number of amides is 1. The monoisotopic (exact) mass is 446 g/mol. The number of sulfonamides is 1. The summed E-state index contributed by atoms with van der Waals surface area (Å²) < 4.78 is 41.5. The van der Waals surface area contributed by atoms with E-state index in [1.165, 1.54) is 31.5 Å². The molecule has 1 amide bonds. The lowest BCUT2D eigenvalue weighted by Gasteiger charge is -2.41. The highest BCUT2D eigenvalue weighted by molar-refractivity contribution is 7.89. The molecule has 1 saturated heterocycles. The van der Waals surface area contributed by atoms with Gasteiger partial charge < -0.3 is 10.6 Å². The first-order chi connectivity index (χ1) is 14.6. The van der Waals surface area contributed by atoms with Gasteiger partial charge >= 0.3 is 0 Å². The number of aryl methyl sites for hydroxylation is 1. The number of aromatic nitrogens is 2. The van der Waals surface area contributed by atoms with E-state index in [4.69, 9.17) is 5.41 Å². The summed E-state index contributed by atoms with van der Waals surface area (Å²) in [5.74, 6) is -1.58. The van der Waals surface area contributed by atoms with Gasteiger partial charge in [0.2, 0.25) is 16.0 Å². The van der Waals surface area contributed by atoms with Crippen LogP contribution in [0.4, 0.5) is 10.1 Å². The molecule has 0 unspecified atom stereocenters. The molecule has 9 nitrogen and oxygen atoms in total. The minimum absolute atomic E-state index is 0.0414. The Kier molecular flexibility index (Phi) is 5.16. The lowest BCUT2D eigenvalue weighted by atomic mass is 9.93. The van der Waals surface area contributed by atoms with Gasteiger partial charge in [-0.1, -0.05) is 0 Å². The molecule has 2 fully saturated rings. The molecular formula is C20H23FN6O3S. The fraction of sp³-hybridized carbons (Fsp3) is 0.400. The number of benzene rings is 1. The van der Waals surface area contributed by atoms with Crippen molar-refractivity contribution in [2.24, 2.45) is 5.92 Å². The Hall–Kier alpha value is -3.08. The highest BCUT2D eigenvalue weighted by Crippen LogP contribution is 2.35. The molecule has 11 heteroatoms. The lowest BCUT2D eigenvalue weighted by Crippen LogP contribution is -2.62. The van der Waals surface area contributed by atoms with Gasteiger partial charge in [0.25, 0.3) is 5.91 Å². The van der Waals surface area contributed by atoms with Crippen molar-refractivity contribution in [3.63, 3.8) is 0 Å². The average molecular weight is 447 g/mol. The van der Waals surface area contributed by atoms with Crippen LogP contribution in [0.25, 0.3) is 0 Å². The van der Waals surface area contributed by atoms with E-state index in [2.05, 4.69) is 20.6 Å². The van der Waals surface area contributed by atoms with Gasteiger partial charge in [-0.15, -0.1) is 0 Å². The third-order valence-corrected chi connectivity index (χ3v) is 7.35. The summed E-state index contributed by atoms with van der Waals surface area (Å²) >= 11 is 0. The standard InChI is InChI=1S/C20H23FN6O3S/c1-12-8-24-17(9-23-12)18(28)25-14-5-6-16(21)15(7-14)20(2)11-31(29,30)27(19(22)26-20)10-13-3-4-13/h5-9,13H,3-4,10-11H2,1-2H3,(H2,22,26)(H,25,28)/t20-/m0/s1. The number of nitrogens with zero attached hydrogens (tertiary/aromatic N) is 3. The average Bonchev–Trinajstić information content (AvgIpc) is 3.50. The van der Waals surface area contributed by atoms with E-state index in [1.54, 1.807) is 6.92 Å². The Morgan fingerprint density at radius 2 is 2.10 bits per heavy atom. The predicted molar refractivity (Wildman–Crippen MR) is 113 cm³/mol. The van der Waals surface area contributed by atoms with Gasteiger partial charge in [0, 0.05) is 24.0 Å². The van der Waals surface area contributed by atoms with E-state index >= 15 is 0 Å². The number of nitrogens with one attached hydrogen (secondary N) is 3. The molecule has 1 saturated carbocycles. The molecule has 1 aliphatic heterocycles. The van der Waals surface area contributed by atoms with Crippen LogP contribution in [0, 0.1) is 24.1 Å². The Morgan fingerprint density at radius 3 is 2.71 bits per heavy atom. The van der Waals surface area contributed by atoms with Gasteiger partial charge in [0.1, 0.15) is 11.5 Å². The molecule has 1 aromatic carbocycles. The second-order valence-corrected chi connectivity index (χ2v) is 10.1. The molecule has 31 heavy (non-hydrogen) atoms. The molecular weight excluding hydrogens is 423 g/mol. The number of carbonyl (C=O) groups excluding carboxylic acids is 1. The van der Waals surface area contributed by atoms with Crippen LogP contribution in [0.5, 0.6) is 0 Å². The number of carbonyl (C=O) groups is 1. The van der Waals surface area contributed by atoms with Crippen molar-refractivity contribution in [2.45, 2.75) is 32.2 Å². The van der Waals surface area contributed by atoms with Crippen LogP contribution in [0.2, 0.25) is 0 Å². The zero-order valence-electron chi connectivity index (χ0n) is 17.1. The number of guanidine groups is 1. The minimum Gasteiger partial charge on any atom is -0.345 e. The molecule has 0 spiro atoms. The third kappa shape index (κ3) is 4.36. The normalized spacial score (nSPS) is 22.7. The van der Waals surface area contributed by atoms with Crippen LogP contribution in [-0.2, 0) is 15.6 Å². The van der Waals surface area contributed by atoms with Gasteiger partial charge in [-0.05, 0) is 50.8 Å². The zero-order valence-corrected chi connectivity index (χ0v) is 18.0. The van der Waals surface area contributed by atoms with Gasteiger partial charge in [-0.3, -0.25) is 15.2 Å².